The smallest absolute Gasteiger partial charge is 0.251 e. The van der Waals surface area contributed by atoms with Crippen LogP contribution in [-0.2, 0) is 22.6 Å². The highest BCUT2D eigenvalue weighted by Crippen LogP contribution is 2.44. The molecule has 0 radical (unpaired) electrons. The molecule has 1 saturated heterocycles. The van der Waals surface area contributed by atoms with Gasteiger partial charge in [0.15, 0.2) is 11.5 Å². The van der Waals surface area contributed by atoms with E-state index in [9.17, 15) is 19.8 Å². The van der Waals surface area contributed by atoms with Crippen molar-refractivity contribution in [1.29, 1.82) is 0 Å². The molecular formula is C32H35N3O6. The van der Waals surface area contributed by atoms with Crippen LogP contribution in [0.4, 0.5) is 0 Å². The second-order valence-electron chi connectivity index (χ2n) is 10.9. The fourth-order valence-corrected chi connectivity index (χ4v) is 6.21. The van der Waals surface area contributed by atoms with Gasteiger partial charge in [0.2, 0.25) is 5.91 Å². The van der Waals surface area contributed by atoms with Gasteiger partial charge >= 0.3 is 0 Å². The molecule has 1 saturated carbocycles. The van der Waals surface area contributed by atoms with Gasteiger partial charge in [-0.3, -0.25) is 9.59 Å². The summed E-state index contributed by atoms with van der Waals surface area (Å²) in [5.74, 6) is -0.330. The van der Waals surface area contributed by atoms with Gasteiger partial charge in [0.25, 0.3) is 5.91 Å². The van der Waals surface area contributed by atoms with Gasteiger partial charge in [0.1, 0.15) is 6.54 Å². The minimum atomic E-state index is -0.268. The minimum Gasteiger partial charge on any atom is -0.504 e. The van der Waals surface area contributed by atoms with Crippen molar-refractivity contribution < 1.29 is 29.0 Å². The molecule has 2 aromatic carbocycles. The summed E-state index contributed by atoms with van der Waals surface area (Å²) in [6.45, 7) is 2.53. The van der Waals surface area contributed by atoms with Crippen molar-refractivity contribution in [3.63, 3.8) is 0 Å². The molecule has 4 aromatic rings. The van der Waals surface area contributed by atoms with E-state index >= 15 is 0 Å². The second-order valence-corrected chi connectivity index (χ2v) is 10.9. The van der Waals surface area contributed by atoms with Crippen molar-refractivity contribution in [1.82, 2.24) is 14.8 Å². The molecule has 9 nitrogen and oxygen atoms in total. The lowest BCUT2D eigenvalue weighted by atomic mass is 9.82. The lowest BCUT2D eigenvalue weighted by Crippen LogP contribution is -2.42. The van der Waals surface area contributed by atoms with Crippen LogP contribution in [0, 0.1) is 0 Å². The van der Waals surface area contributed by atoms with E-state index in [-0.39, 0.29) is 36.4 Å². The molecule has 0 spiro atoms. The van der Waals surface area contributed by atoms with E-state index < -0.39 is 0 Å². The van der Waals surface area contributed by atoms with Gasteiger partial charge < -0.3 is 34.2 Å². The topological polar surface area (TPSA) is 117 Å². The number of morpholine rings is 1. The molecule has 2 aliphatic rings. The lowest BCUT2D eigenvalue weighted by Gasteiger charge is -2.27. The Bertz CT molecular complexity index is 1550. The number of carbonyl (C=O) groups excluding carboxylic acids is 2. The molecule has 2 aromatic heterocycles. The number of rotatable bonds is 7. The van der Waals surface area contributed by atoms with Crippen LogP contribution in [-0.4, -0.2) is 57.8 Å². The van der Waals surface area contributed by atoms with Crippen LogP contribution in [0.1, 0.15) is 59.5 Å². The number of aromatic hydroxyl groups is 2. The number of furan rings is 1. The average Bonchev–Trinajstić information content (AvgIpc) is 3.65. The molecule has 214 valence electrons. The zero-order valence-electron chi connectivity index (χ0n) is 23.0. The molecular weight excluding hydrogens is 522 g/mol. The van der Waals surface area contributed by atoms with Crippen LogP contribution < -0.4 is 5.32 Å². The number of hydrogen-bond donors (Lipinski definition) is 3. The Hall–Kier alpha value is -4.24. The quantitative estimate of drug-likeness (QED) is 0.271. The first-order chi connectivity index (χ1) is 20.0. The zero-order valence-corrected chi connectivity index (χ0v) is 23.0. The van der Waals surface area contributed by atoms with Crippen LogP contribution in [0.2, 0.25) is 0 Å². The zero-order chi connectivity index (χ0) is 28.3. The van der Waals surface area contributed by atoms with E-state index in [0.29, 0.717) is 43.3 Å². The van der Waals surface area contributed by atoms with Gasteiger partial charge in [-0.1, -0.05) is 31.4 Å². The lowest BCUT2D eigenvalue weighted by molar-refractivity contribution is -0.135. The van der Waals surface area contributed by atoms with Gasteiger partial charge in [0.05, 0.1) is 37.0 Å². The number of phenolic OH excluding ortho intramolecular Hbond substituents is 2. The molecule has 3 N–H and O–H groups in total. The van der Waals surface area contributed by atoms with E-state index in [1.807, 2.05) is 29.2 Å². The van der Waals surface area contributed by atoms with Crippen LogP contribution in [0.25, 0.3) is 22.2 Å². The van der Waals surface area contributed by atoms with Crippen LogP contribution >= 0.6 is 0 Å². The van der Waals surface area contributed by atoms with Crippen LogP contribution in [0.5, 0.6) is 11.5 Å². The fraction of sp³-hybridized carbons (Fsp3) is 0.375. The first kappa shape index (κ1) is 27.0. The number of amides is 2. The number of fused-ring (bicyclic) bond motifs is 1. The van der Waals surface area contributed by atoms with E-state index in [4.69, 9.17) is 9.15 Å². The van der Waals surface area contributed by atoms with Crippen molar-refractivity contribution in [2.24, 2.45) is 0 Å². The van der Waals surface area contributed by atoms with Crippen molar-refractivity contribution in [2.45, 2.75) is 51.1 Å². The van der Waals surface area contributed by atoms with Gasteiger partial charge in [-0.15, -0.1) is 0 Å². The molecule has 6 rings (SSSR count). The summed E-state index contributed by atoms with van der Waals surface area (Å²) in [6.07, 6.45) is 9.13. The highest BCUT2D eigenvalue weighted by Gasteiger charge is 2.29. The maximum atomic E-state index is 13.6. The number of nitrogens with zero attached hydrogens (tertiary/aromatic N) is 2. The third-order valence-corrected chi connectivity index (χ3v) is 8.32. The summed E-state index contributed by atoms with van der Waals surface area (Å²) < 4.78 is 13.0. The molecule has 9 heteroatoms. The minimum absolute atomic E-state index is 0.0205. The fourth-order valence-electron chi connectivity index (χ4n) is 6.21. The van der Waals surface area contributed by atoms with Crippen LogP contribution in [0.15, 0.2) is 59.4 Å². The predicted molar refractivity (Wildman–Crippen MR) is 154 cm³/mol. The van der Waals surface area contributed by atoms with Gasteiger partial charge in [-0.2, -0.15) is 0 Å². The Labute approximate surface area is 238 Å². The molecule has 0 bridgehead atoms. The number of benzene rings is 2. The van der Waals surface area contributed by atoms with Crippen molar-refractivity contribution in [3.8, 4) is 22.8 Å². The van der Waals surface area contributed by atoms with Crippen molar-refractivity contribution in [2.75, 3.05) is 26.3 Å². The second kappa shape index (κ2) is 11.7. The summed E-state index contributed by atoms with van der Waals surface area (Å²) in [5.41, 5.74) is 5.12. The molecule has 41 heavy (non-hydrogen) atoms. The summed E-state index contributed by atoms with van der Waals surface area (Å²) in [6, 6.07) is 12.1. The molecule has 1 aliphatic carbocycles. The van der Waals surface area contributed by atoms with E-state index in [1.54, 1.807) is 18.6 Å². The van der Waals surface area contributed by atoms with Crippen molar-refractivity contribution >= 4 is 22.7 Å². The molecule has 0 atom stereocenters. The number of carbonyl (C=O) groups is 2. The third kappa shape index (κ3) is 5.54. The summed E-state index contributed by atoms with van der Waals surface area (Å²) >= 11 is 0. The summed E-state index contributed by atoms with van der Waals surface area (Å²) in [5, 5.41) is 23.3. The van der Waals surface area contributed by atoms with Gasteiger partial charge in [-0.25, -0.2) is 0 Å². The Morgan fingerprint density at radius 1 is 0.951 bits per heavy atom. The number of nitrogens with one attached hydrogen (secondary N) is 1. The SMILES string of the molecule is O=C(NCc1ccc(O)c(O)c1)c1ccc2c(C3CCCCC3)c(-c3ccoc3)n(CC(=O)N3CCOCC3)c2c1. The number of phenols is 2. The van der Waals surface area contributed by atoms with Gasteiger partial charge in [-0.05, 0) is 60.2 Å². The summed E-state index contributed by atoms with van der Waals surface area (Å²) in [4.78, 5) is 28.7. The maximum Gasteiger partial charge on any atom is 0.251 e. The first-order valence-electron chi connectivity index (χ1n) is 14.3. The molecule has 2 amide bonds. The largest absolute Gasteiger partial charge is 0.504 e. The number of ether oxygens (including phenoxy) is 1. The molecule has 2 fully saturated rings. The normalized spacial score (nSPS) is 16.2. The highest BCUT2D eigenvalue weighted by molar-refractivity contribution is 6.01. The van der Waals surface area contributed by atoms with E-state index in [1.165, 1.54) is 37.0 Å². The molecule has 3 heterocycles. The van der Waals surface area contributed by atoms with E-state index in [2.05, 4.69) is 9.88 Å². The Kier molecular flexibility index (Phi) is 7.69. The highest BCUT2D eigenvalue weighted by atomic mass is 16.5. The Morgan fingerprint density at radius 3 is 2.49 bits per heavy atom. The average molecular weight is 558 g/mol. The standard InChI is InChI=1S/C32H35N3O6/c36-27-9-6-21(16-28(27)37)18-33-32(39)23-7-8-25-26(17-23)35(19-29(38)34-11-14-40-15-12-34)31(24-10-13-41-20-24)30(25)22-4-2-1-3-5-22/h6-10,13,16-17,20,22,36-37H,1-5,11-12,14-15,18-19H2,(H,33,39). The molecule has 1 aliphatic heterocycles. The maximum absolute atomic E-state index is 13.6. The Morgan fingerprint density at radius 2 is 1.76 bits per heavy atom. The monoisotopic (exact) mass is 557 g/mol. The van der Waals surface area contributed by atoms with Crippen LogP contribution in [0.3, 0.4) is 0 Å². The van der Waals surface area contributed by atoms with Crippen molar-refractivity contribution in [3.05, 3.63) is 71.7 Å². The van der Waals surface area contributed by atoms with E-state index in [0.717, 1.165) is 35.0 Å². The summed E-state index contributed by atoms with van der Waals surface area (Å²) in [7, 11) is 0. The first-order valence-corrected chi connectivity index (χ1v) is 14.3. The third-order valence-electron chi connectivity index (χ3n) is 8.32. The molecule has 0 unspecified atom stereocenters. The predicted octanol–water partition coefficient (Wildman–Crippen LogP) is 5.15. The number of aromatic nitrogens is 1. The number of hydrogen-bond acceptors (Lipinski definition) is 6. The Balaban J connectivity index is 1.40. The van der Waals surface area contributed by atoms with Gasteiger partial charge in [0, 0.05) is 36.1 Å².